The van der Waals surface area contributed by atoms with Gasteiger partial charge in [0.1, 0.15) is 0 Å². The molecule has 0 saturated heterocycles. The van der Waals surface area contributed by atoms with Gasteiger partial charge in [0.25, 0.3) is 0 Å². The summed E-state index contributed by atoms with van der Waals surface area (Å²) in [5, 5.41) is 0. The monoisotopic (exact) mass is 288 g/mol. The fourth-order valence-corrected chi connectivity index (χ4v) is 2.65. The van der Waals surface area contributed by atoms with Crippen LogP contribution in [-0.2, 0) is 9.53 Å². The molecular weight excluding hydrogens is 260 g/mol. The van der Waals surface area contributed by atoms with Gasteiger partial charge >= 0.3 is 5.97 Å². The van der Waals surface area contributed by atoms with Crippen LogP contribution in [0.25, 0.3) is 0 Å². The van der Waals surface area contributed by atoms with Gasteiger partial charge < -0.3 is 4.74 Å². The van der Waals surface area contributed by atoms with E-state index in [2.05, 4.69) is 50.3 Å². The molecule has 0 amide bonds. The van der Waals surface area contributed by atoms with E-state index >= 15 is 0 Å². The van der Waals surface area contributed by atoms with Crippen LogP contribution in [0.15, 0.2) is 42.5 Å². The number of esters is 1. The minimum Gasteiger partial charge on any atom is -0.469 e. The van der Waals surface area contributed by atoms with Crippen LogP contribution in [0.3, 0.4) is 0 Å². The van der Waals surface area contributed by atoms with Crippen LogP contribution in [0.1, 0.15) is 57.9 Å². The normalized spacial score (nSPS) is 15.6. The first-order chi connectivity index (χ1) is 10.1. The minimum atomic E-state index is -0.421. The van der Waals surface area contributed by atoms with Crippen molar-refractivity contribution in [3.8, 4) is 0 Å². The van der Waals surface area contributed by atoms with E-state index in [4.69, 9.17) is 4.74 Å². The van der Waals surface area contributed by atoms with E-state index in [1.165, 1.54) is 12.7 Å². The molecular formula is C19H28O2. The number of ether oxygens (including phenoxy) is 1. The maximum absolute atomic E-state index is 12.1. The molecule has 0 radical (unpaired) electrons. The summed E-state index contributed by atoms with van der Waals surface area (Å²) in [6.07, 6.45) is 8.03. The minimum absolute atomic E-state index is 0.106. The third kappa shape index (κ3) is 5.04. The quantitative estimate of drug-likeness (QED) is 0.491. The Labute approximate surface area is 129 Å². The molecule has 0 heterocycles. The summed E-state index contributed by atoms with van der Waals surface area (Å²) in [6, 6.07) is 10.5. The van der Waals surface area contributed by atoms with Crippen molar-refractivity contribution in [3.05, 3.63) is 48.0 Å². The van der Waals surface area contributed by atoms with E-state index in [1.807, 2.05) is 13.0 Å². The van der Waals surface area contributed by atoms with Gasteiger partial charge in [0.2, 0.25) is 0 Å². The van der Waals surface area contributed by atoms with Crippen LogP contribution < -0.4 is 0 Å². The second-order valence-electron chi connectivity index (χ2n) is 5.83. The summed E-state index contributed by atoms with van der Waals surface area (Å²) in [5.74, 6) is 0.239. The van der Waals surface area contributed by atoms with Crippen molar-refractivity contribution < 1.29 is 9.53 Å². The molecule has 0 fully saturated rings. The van der Waals surface area contributed by atoms with E-state index in [0.29, 0.717) is 5.92 Å². The van der Waals surface area contributed by atoms with Crippen LogP contribution >= 0.6 is 0 Å². The molecule has 0 aliphatic rings. The van der Waals surface area contributed by atoms with Gasteiger partial charge in [-0.3, -0.25) is 4.79 Å². The fourth-order valence-electron chi connectivity index (χ4n) is 2.65. The van der Waals surface area contributed by atoms with Crippen LogP contribution in [0.5, 0.6) is 0 Å². The second kappa shape index (κ2) is 8.66. The highest BCUT2D eigenvalue weighted by Crippen LogP contribution is 2.37. The average molecular weight is 288 g/mol. The standard InChI is InChI=1S/C19H28O2/c1-5-7-9-14-17(16-12-10-8-11-13-16)15-19(3,6-2)18(20)21-4/h7-13,17H,5-6,14-15H2,1-4H3/b9-7+. The molecule has 0 spiro atoms. The molecule has 2 nitrogen and oxygen atoms in total. The molecule has 0 aliphatic carbocycles. The van der Waals surface area contributed by atoms with Gasteiger partial charge in [-0.1, -0.05) is 56.3 Å². The highest BCUT2D eigenvalue weighted by Gasteiger charge is 2.35. The zero-order chi connectivity index (χ0) is 15.7. The Bertz CT molecular complexity index is 450. The Hall–Kier alpha value is -1.57. The van der Waals surface area contributed by atoms with Crippen molar-refractivity contribution in [1.29, 1.82) is 0 Å². The van der Waals surface area contributed by atoms with Crippen molar-refractivity contribution in [2.45, 2.75) is 52.4 Å². The molecule has 2 atom stereocenters. The van der Waals surface area contributed by atoms with Crippen molar-refractivity contribution in [2.75, 3.05) is 7.11 Å². The number of allylic oxidation sites excluding steroid dienone is 2. The number of hydrogen-bond acceptors (Lipinski definition) is 2. The summed E-state index contributed by atoms with van der Waals surface area (Å²) in [7, 11) is 1.48. The van der Waals surface area contributed by atoms with Crippen LogP contribution in [0, 0.1) is 5.41 Å². The summed E-state index contributed by atoms with van der Waals surface area (Å²) in [5.41, 5.74) is 0.872. The molecule has 0 aliphatic heterocycles. The molecule has 0 saturated carbocycles. The number of rotatable bonds is 8. The lowest BCUT2D eigenvalue weighted by molar-refractivity contribution is -0.152. The zero-order valence-corrected chi connectivity index (χ0v) is 13.8. The molecule has 1 rings (SSSR count). The number of hydrogen-bond donors (Lipinski definition) is 0. The summed E-state index contributed by atoms with van der Waals surface area (Å²) >= 11 is 0. The lowest BCUT2D eigenvalue weighted by atomic mass is 9.75. The van der Waals surface area contributed by atoms with Crippen LogP contribution in [-0.4, -0.2) is 13.1 Å². The van der Waals surface area contributed by atoms with Gasteiger partial charge in [-0.2, -0.15) is 0 Å². The van der Waals surface area contributed by atoms with Gasteiger partial charge in [-0.05, 0) is 44.1 Å². The Morgan fingerprint density at radius 3 is 2.43 bits per heavy atom. The van der Waals surface area contributed by atoms with Crippen molar-refractivity contribution in [1.82, 2.24) is 0 Å². The molecule has 0 aromatic heterocycles. The molecule has 0 bridgehead atoms. The first kappa shape index (κ1) is 17.5. The Morgan fingerprint density at radius 1 is 1.24 bits per heavy atom. The van der Waals surface area contributed by atoms with Gasteiger partial charge in [-0.15, -0.1) is 0 Å². The van der Waals surface area contributed by atoms with E-state index in [0.717, 1.165) is 25.7 Å². The molecule has 2 unspecified atom stereocenters. The van der Waals surface area contributed by atoms with Gasteiger partial charge in [0.05, 0.1) is 12.5 Å². The van der Waals surface area contributed by atoms with Crippen molar-refractivity contribution >= 4 is 5.97 Å². The molecule has 2 heteroatoms. The molecule has 21 heavy (non-hydrogen) atoms. The summed E-state index contributed by atoms with van der Waals surface area (Å²) < 4.78 is 5.01. The SMILES string of the molecule is CC/C=C/CC(CC(C)(CC)C(=O)OC)c1ccccc1. The van der Waals surface area contributed by atoms with E-state index in [9.17, 15) is 4.79 Å². The average Bonchev–Trinajstić information content (AvgIpc) is 2.54. The number of benzene rings is 1. The lowest BCUT2D eigenvalue weighted by Crippen LogP contribution is -2.30. The Kier molecular flexibility index (Phi) is 7.21. The zero-order valence-electron chi connectivity index (χ0n) is 13.8. The lowest BCUT2D eigenvalue weighted by Gasteiger charge is -2.29. The van der Waals surface area contributed by atoms with Crippen molar-refractivity contribution in [2.24, 2.45) is 5.41 Å². The smallest absolute Gasteiger partial charge is 0.311 e. The van der Waals surface area contributed by atoms with E-state index < -0.39 is 5.41 Å². The highest BCUT2D eigenvalue weighted by atomic mass is 16.5. The van der Waals surface area contributed by atoms with E-state index in [1.54, 1.807) is 0 Å². The predicted octanol–water partition coefficient (Wildman–Crippen LogP) is 5.11. The van der Waals surface area contributed by atoms with Crippen molar-refractivity contribution in [3.63, 3.8) is 0 Å². The maximum atomic E-state index is 12.1. The van der Waals surface area contributed by atoms with Crippen LogP contribution in [0.2, 0.25) is 0 Å². The van der Waals surface area contributed by atoms with Crippen LogP contribution in [0.4, 0.5) is 0 Å². The highest BCUT2D eigenvalue weighted by molar-refractivity contribution is 5.76. The first-order valence-electron chi connectivity index (χ1n) is 7.85. The molecule has 1 aromatic carbocycles. The summed E-state index contributed by atoms with van der Waals surface area (Å²) in [6.45, 7) is 6.21. The second-order valence-corrected chi connectivity index (χ2v) is 5.83. The van der Waals surface area contributed by atoms with Gasteiger partial charge in [0.15, 0.2) is 0 Å². The first-order valence-corrected chi connectivity index (χ1v) is 7.85. The third-order valence-corrected chi connectivity index (χ3v) is 4.25. The van der Waals surface area contributed by atoms with E-state index in [-0.39, 0.29) is 5.97 Å². The Morgan fingerprint density at radius 2 is 1.90 bits per heavy atom. The number of carbonyl (C=O) groups is 1. The number of methoxy groups -OCH3 is 1. The maximum Gasteiger partial charge on any atom is 0.311 e. The predicted molar refractivity (Wildman–Crippen MR) is 88.3 cm³/mol. The largest absolute Gasteiger partial charge is 0.469 e. The van der Waals surface area contributed by atoms with Gasteiger partial charge in [-0.25, -0.2) is 0 Å². The summed E-state index contributed by atoms with van der Waals surface area (Å²) in [4.78, 5) is 12.1. The molecule has 1 aromatic rings. The number of carbonyl (C=O) groups excluding carboxylic acids is 1. The third-order valence-electron chi connectivity index (χ3n) is 4.25. The molecule has 0 N–H and O–H groups in total. The topological polar surface area (TPSA) is 26.3 Å². The Balaban J connectivity index is 2.96. The fraction of sp³-hybridized carbons (Fsp3) is 0.526. The van der Waals surface area contributed by atoms with Gasteiger partial charge in [0, 0.05) is 0 Å². The molecule has 116 valence electrons.